The Morgan fingerprint density at radius 3 is 2.07 bits per heavy atom. The van der Waals surface area contributed by atoms with Crippen molar-refractivity contribution in [1.82, 2.24) is 0 Å². The van der Waals surface area contributed by atoms with Crippen LogP contribution in [0.5, 0.6) is 0 Å². The standard InChI is InChI=1S/C8H7F3N2O/c9-8(10,11)5-1-3-6(4-2-5)13-7(12)14/h1-4H,(H3,12,13,14). The van der Waals surface area contributed by atoms with Crippen LogP contribution in [0, 0.1) is 0 Å². The minimum Gasteiger partial charge on any atom is -0.351 e. The van der Waals surface area contributed by atoms with E-state index in [2.05, 4.69) is 5.32 Å². The molecule has 3 nitrogen and oxygen atoms in total. The molecule has 0 aromatic heterocycles. The molecule has 0 bridgehead atoms. The van der Waals surface area contributed by atoms with Crippen LogP contribution in [0.3, 0.4) is 0 Å². The van der Waals surface area contributed by atoms with Gasteiger partial charge in [-0.3, -0.25) is 0 Å². The number of nitrogens with two attached hydrogens (primary N) is 1. The lowest BCUT2D eigenvalue weighted by molar-refractivity contribution is -0.137. The van der Waals surface area contributed by atoms with E-state index in [4.69, 9.17) is 5.73 Å². The largest absolute Gasteiger partial charge is 0.416 e. The first-order chi connectivity index (χ1) is 6.39. The summed E-state index contributed by atoms with van der Waals surface area (Å²) in [4.78, 5) is 10.3. The molecule has 0 spiro atoms. The smallest absolute Gasteiger partial charge is 0.351 e. The molecule has 76 valence electrons. The topological polar surface area (TPSA) is 55.1 Å². The maximum atomic E-state index is 12.1. The molecule has 0 radical (unpaired) electrons. The van der Waals surface area contributed by atoms with Crippen LogP contribution in [-0.2, 0) is 6.18 Å². The Kier molecular flexibility index (Phi) is 2.64. The van der Waals surface area contributed by atoms with E-state index >= 15 is 0 Å². The second kappa shape index (κ2) is 3.57. The summed E-state index contributed by atoms with van der Waals surface area (Å²) in [5.74, 6) is 0. The first kappa shape index (κ1) is 10.4. The van der Waals surface area contributed by atoms with E-state index in [-0.39, 0.29) is 5.69 Å². The second-order valence-corrected chi connectivity index (χ2v) is 2.56. The highest BCUT2D eigenvalue weighted by atomic mass is 19.4. The molecular weight excluding hydrogens is 197 g/mol. The van der Waals surface area contributed by atoms with Crippen LogP contribution in [-0.4, -0.2) is 6.03 Å². The highest BCUT2D eigenvalue weighted by Gasteiger charge is 2.29. The van der Waals surface area contributed by atoms with Gasteiger partial charge in [0, 0.05) is 5.69 Å². The minimum absolute atomic E-state index is 0.227. The molecule has 0 aliphatic carbocycles. The lowest BCUT2D eigenvalue weighted by atomic mass is 10.2. The van der Waals surface area contributed by atoms with Gasteiger partial charge in [0.2, 0.25) is 0 Å². The Hall–Kier alpha value is -1.72. The molecule has 0 aliphatic rings. The fourth-order valence-corrected chi connectivity index (χ4v) is 0.885. The molecule has 1 aromatic rings. The third-order valence-corrected chi connectivity index (χ3v) is 1.48. The maximum Gasteiger partial charge on any atom is 0.416 e. The van der Waals surface area contributed by atoms with E-state index in [9.17, 15) is 18.0 Å². The Labute approximate surface area is 77.7 Å². The first-order valence-corrected chi connectivity index (χ1v) is 3.63. The number of carbonyl (C=O) groups is 1. The summed E-state index contributed by atoms with van der Waals surface area (Å²) in [6.07, 6.45) is -4.37. The molecule has 14 heavy (non-hydrogen) atoms. The van der Waals surface area contributed by atoms with E-state index in [1.54, 1.807) is 0 Å². The van der Waals surface area contributed by atoms with Gasteiger partial charge in [-0.2, -0.15) is 13.2 Å². The van der Waals surface area contributed by atoms with Gasteiger partial charge < -0.3 is 11.1 Å². The maximum absolute atomic E-state index is 12.1. The van der Waals surface area contributed by atoms with Gasteiger partial charge in [0.1, 0.15) is 0 Å². The molecule has 0 fully saturated rings. The number of carbonyl (C=O) groups excluding carboxylic acids is 1. The van der Waals surface area contributed by atoms with Gasteiger partial charge in [-0.15, -0.1) is 0 Å². The number of urea groups is 1. The van der Waals surface area contributed by atoms with Crippen molar-refractivity contribution in [3.8, 4) is 0 Å². The predicted octanol–water partition coefficient (Wildman–Crippen LogP) is 2.20. The lowest BCUT2D eigenvalue weighted by Gasteiger charge is -2.07. The van der Waals surface area contributed by atoms with Gasteiger partial charge in [0.15, 0.2) is 0 Å². The Morgan fingerprint density at radius 1 is 1.21 bits per heavy atom. The SMILES string of the molecule is NC(=O)Nc1ccc(C(F)(F)F)cc1. The van der Waals surface area contributed by atoms with Gasteiger partial charge in [0.25, 0.3) is 0 Å². The molecule has 1 aromatic carbocycles. The molecular formula is C8H7F3N2O. The van der Waals surface area contributed by atoms with Crippen LogP contribution in [0.1, 0.15) is 5.56 Å². The van der Waals surface area contributed by atoms with E-state index in [1.165, 1.54) is 0 Å². The van der Waals surface area contributed by atoms with Crippen molar-refractivity contribution in [2.24, 2.45) is 5.73 Å². The summed E-state index contributed by atoms with van der Waals surface area (Å²) in [5.41, 5.74) is 4.23. The number of hydrogen-bond acceptors (Lipinski definition) is 1. The van der Waals surface area contributed by atoms with Crippen molar-refractivity contribution in [3.63, 3.8) is 0 Å². The van der Waals surface area contributed by atoms with Crippen LogP contribution in [0.4, 0.5) is 23.7 Å². The summed E-state index contributed by atoms with van der Waals surface area (Å²) in [6, 6.07) is 3.18. The molecule has 0 saturated heterocycles. The van der Waals surface area contributed by atoms with Crippen molar-refractivity contribution < 1.29 is 18.0 Å². The Morgan fingerprint density at radius 2 is 1.71 bits per heavy atom. The van der Waals surface area contributed by atoms with Gasteiger partial charge >= 0.3 is 12.2 Å². The van der Waals surface area contributed by atoms with E-state index < -0.39 is 17.8 Å². The molecule has 0 atom stereocenters. The summed E-state index contributed by atoms with van der Waals surface area (Å²) >= 11 is 0. The third kappa shape index (κ3) is 2.65. The lowest BCUT2D eigenvalue weighted by Crippen LogP contribution is -2.19. The second-order valence-electron chi connectivity index (χ2n) is 2.56. The van der Waals surface area contributed by atoms with Gasteiger partial charge in [-0.05, 0) is 24.3 Å². The minimum atomic E-state index is -4.37. The number of nitrogens with one attached hydrogen (secondary N) is 1. The highest BCUT2D eigenvalue weighted by molar-refractivity contribution is 5.87. The van der Waals surface area contributed by atoms with E-state index in [1.807, 2.05) is 0 Å². The van der Waals surface area contributed by atoms with Crippen LogP contribution >= 0.6 is 0 Å². The zero-order valence-corrected chi connectivity index (χ0v) is 6.93. The average Bonchev–Trinajstić information content (AvgIpc) is 2.02. The third-order valence-electron chi connectivity index (χ3n) is 1.48. The van der Waals surface area contributed by atoms with Gasteiger partial charge in [-0.25, -0.2) is 4.79 Å². The number of benzene rings is 1. The number of anilines is 1. The molecule has 6 heteroatoms. The molecule has 0 saturated carbocycles. The van der Waals surface area contributed by atoms with Crippen LogP contribution in [0.25, 0.3) is 0 Å². The number of alkyl halides is 3. The van der Waals surface area contributed by atoms with Crippen LogP contribution in [0.15, 0.2) is 24.3 Å². The van der Waals surface area contributed by atoms with E-state index in [0.717, 1.165) is 24.3 Å². The predicted molar refractivity (Wildman–Crippen MR) is 44.7 cm³/mol. The zero-order valence-electron chi connectivity index (χ0n) is 6.93. The quantitative estimate of drug-likeness (QED) is 0.723. The fraction of sp³-hybridized carbons (Fsp3) is 0.125. The van der Waals surface area contributed by atoms with Crippen molar-refractivity contribution in [3.05, 3.63) is 29.8 Å². The van der Waals surface area contributed by atoms with Crippen LogP contribution < -0.4 is 11.1 Å². The Bertz CT molecular complexity index is 331. The fourth-order valence-electron chi connectivity index (χ4n) is 0.885. The van der Waals surface area contributed by atoms with Crippen molar-refractivity contribution in [2.75, 3.05) is 5.32 Å². The first-order valence-electron chi connectivity index (χ1n) is 3.63. The van der Waals surface area contributed by atoms with Crippen LogP contribution in [0.2, 0.25) is 0 Å². The summed E-state index contributed by atoms with van der Waals surface area (Å²) in [7, 11) is 0. The average molecular weight is 204 g/mol. The number of amides is 2. The van der Waals surface area contributed by atoms with Crippen molar-refractivity contribution in [1.29, 1.82) is 0 Å². The van der Waals surface area contributed by atoms with Gasteiger partial charge in [-0.1, -0.05) is 0 Å². The van der Waals surface area contributed by atoms with Crippen molar-refractivity contribution in [2.45, 2.75) is 6.18 Å². The number of hydrogen-bond donors (Lipinski definition) is 2. The molecule has 0 unspecified atom stereocenters. The van der Waals surface area contributed by atoms with Crippen molar-refractivity contribution >= 4 is 11.7 Å². The van der Waals surface area contributed by atoms with E-state index in [0.29, 0.717) is 0 Å². The highest BCUT2D eigenvalue weighted by Crippen LogP contribution is 2.29. The molecule has 1 rings (SSSR count). The number of halogens is 3. The summed E-state index contributed by atoms with van der Waals surface area (Å²) in [5, 5.41) is 2.15. The zero-order chi connectivity index (χ0) is 10.8. The summed E-state index contributed by atoms with van der Waals surface area (Å²) < 4.78 is 36.2. The monoisotopic (exact) mass is 204 g/mol. The summed E-state index contributed by atoms with van der Waals surface area (Å²) in [6.45, 7) is 0. The molecule has 2 amide bonds. The van der Waals surface area contributed by atoms with Gasteiger partial charge in [0.05, 0.1) is 5.56 Å². The molecule has 0 aliphatic heterocycles. The molecule has 3 N–H and O–H groups in total. The number of primary amides is 1. The molecule has 0 heterocycles. The Balaban J connectivity index is 2.84. The number of rotatable bonds is 1. The normalized spacial score (nSPS) is 11.1.